The Balaban J connectivity index is 1.52. The summed E-state index contributed by atoms with van der Waals surface area (Å²) >= 11 is 0. The highest BCUT2D eigenvalue weighted by Gasteiger charge is 2.17. The van der Waals surface area contributed by atoms with Crippen molar-refractivity contribution < 1.29 is 9.53 Å². The van der Waals surface area contributed by atoms with E-state index < -0.39 is 6.09 Å². The number of amides is 1. The molecule has 0 aliphatic heterocycles. The lowest BCUT2D eigenvalue weighted by Crippen LogP contribution is -2.21. The molecule has 0 bridgehead atoms. The van der Waals surface area contributed by atoms with Crippen molar-refractivity contribution in [2.75, 3.05) is 5.32 Å². The minimum absolute atomic E-state index is 0.238. The van der Waals surface area contributed by atoms with Crippen molar-refractivity contribution in [3.05, 3.63) is 83.4 Å². The fourth-order valence-corrected chi connectivity index (χ4v) is 3.72. The molecule has 1 amide bonds. The van der Waals surface area contributed by atoms with Gasteiger partial charge < -0.3 is 13.9 Å². The summed E-state index contributed by atoms with van der Waals surface area (Å²) in [4.78, 5) is 34.4. The van der Waals surface area contributed by atoms with E-state index in [4.69, 9.17) is 4.74 Å². The van der Waals surface area contributed by atoms with Gasteiger partial charge in [0.15, 0.2) is 0 Å². The molecule has 0 saturated heterocycles. The summed E-state index contributed by atoms with van der Waals surface area (Å²) in [6.07, 6.45) is 2.96. The Hall–Kier alpha value is -4.46. The van der Waals surface area contributed by atoms with Crippen molar-refractivity contribution in [1.29, 1.82) is 0 Å². The summed E-state index contributed by atoms with van der Waals surface area (Å²) in [5.41, 5.74) is 3.34. The van der Waals surface area contributed by atoms with Crippen LogP contribution in [0.5, 0.6) is 5.75 Å². The number of hydrogen-bond acceptors (Lipinski definition) is 5. The number of ether oxygens (including phenoxy) is 1. The van der Waals surface area contributed by atoms with Crippen LogP contribution in [0.4, 0.5) is 10.5 Å². The molecule has 2 aromatic carbocycles. The molecule has 0 atom stereocenters. The fourth-order valence-electron chi connectivity index (χ4n) is 3.72. The molecule has 158 valence electrons. The summed E-state index contributed by atoms with van der Waals surface area (Å²) in [6.45, 7) is 0. The highest BCUT2D eigenvalue weighted by molar-refractivity contribution is 5.94. The molecule has 0 radical (unpaired) electrons. The average Bonchev–Trinajstić information content (AvgIpc) is 3.13. The van der Waals surface area contributed by atoms with E-state index in [-0.39, 0.29) is 5.56 Å². The summed E-state index contributed by atoms with van der Waals surface area (Å²) < 4.78 is 8.67. The number of para-hydroxylation sites is 1. The van der Waals surface area contributed by atoms with Gasteiger partial charge in [-0.25, -0.2) is 14.8 Å². The molecule has 0 unspecified atom stereocenters. The third-order valence-corrected chi connectivity index (χ3v) is 5.27. The summed E-state index contributed by atoms with van der Waals surface area (Å²) in [5, 5.41) is 3.55. The van der Waals surface area contributed by atoms with Crippen molar-refractivity contribution in [2.45, 2.75) is 0 Å². The van der Waals surface area contributed by atoms with Gasteiger partial charge in [-0.05, 0) is 42.5 Å². The number of aromatic nitrogens is 4. The summed E-state index contributed by atoms with van der Waals surface area (Å²) in [6, 6.07) is 17.7. The largest absolute Gasteiger partial charge is 0.417 e. The van der Waals surface area contributed by atoms with Crippen molar-refractivity contribution in [3.8, 4) is 17.0 Å². The number of nitrogens with one attached hydrogen (secondary N) is 1. The Labute approximate surface area is 182 Å². The van der Waals surface area contributed by atoms with Crippen molar-refractivity contribution in [1.82, 2.24) is 19.1 Å². The molecular weight excluding hydrogens is 406 g/mol. The maximum Gasteiger partial charge on any atom is 0.417 e. The average molecular weight is 425 g/mol. The van der Waals surface area contributed by atoms with Crippen LogP contribution in [0.15, 0.2) is 77.9 Å². The van der Waals surface area contributed by atoms with Crippen LogP contribution in [0, 0.1) is 0 Å². The van der Waals surface area contributed by atoms with Gasteiger partial charge in [0.05, 0.1) is 11.0 Å². The zero-order valence-corrected chi connectivity index (χ0v) is 17.4. The van der Waals surface area contributed by atoms with Gasteiger partial charge in [-0.1, -0.05) is 18.2 Å². The van der Waals surface area contributed by atoms with Crippen LogP contribution in [-0.4, -0.2) is 25.2 Å². The molecule has 1 N–H and O–H groups in total. The van der Waals surface area contributed by atoms with E-state index in [9.17, 15) is 9.59 Å². The zero-order valence-electron chi connectivity index (χ0n) is 17.4. The first-order valence-electron chi connectivity index (χ1n) is 9.96. The highest BCUT2D eigenvalue weighted by atomic mass is 16.6. The monoisotopic (exact) mass is 425 g/mol. The molecule has 32 heavy (non-hydrogen) atoms. The second-order valence-corrected chi connectivity index (χ2v) is 7.38. The lowest BCUT2D eigenvalue weighted by atomic mass is 10.1. The van der Waals surface area contributed by atoms with E-state index in [1.165, 1.54) is 4.57 Å². The molecule has 3 aromatic heterocycles. The quantitative estimate of drug-likeness (QED) is 0.470. The number of benzene rings is 2. The fraction of sp³-hybridized carbons (Fsp3) is 0.0833. The first-order chi connectivity index (χ1) is 15.5. The molecule has 5 aromatic rings. The molecule has 0 aliphatic rings. The normalized spacial score (nSPS) is 11.1. The Morgan fingerprint density at radius 1 is 1.03 bits per heavy atom. The molecule has 8 nitrogen and oxygen atoms in total. The number of carbonyl (C=O) groups is 1. The van der Waals surface area contributed by atoms with Crippen LogP contribution in [0.2, 0.25) is 0 Å². The topological polar surface area (TPSA) is 91.0 Å². The predicted octanol–water partition coefficient (Wildman–Crippen LogP) is 4.10. The van der Waals surface area contributed by atoms with Gasteiger partial charge in [0, 0.05) is 43.1 Å². The lowest BCUT2D eigenvalue weighted by Gasteiger charge is -2.11. The predicted molar refractivity (Wildman–Crippen MR) is 123 cm³/mol. The van der Waals surface area contributed by atoms with Crippen LogP contribution in [0.25, 0.3) is 33.3 Å². The van der Waals surface area contributed by atoms with E-state index in [1.807, 2.05) is 36.0 Å². The zero-order chi connectivity index (χ0) is 22.2. The second kappa shape index (κ2) is 7.66. The van der Waals surface area contributed by atoms with Gasteiger partial charge in [-0.2, -0.15) is 0 Å². The molecule has 0 fully saturated rings. The number of aryl methyl sites for hydroxylation is 2. The van der Waals surface area contributed by atoms with Gasteiger partial charge in [0.1, 0.15) is 17.1 Å². The van der Waals surface area contributed by atoms with Gasteiger partial charge in [-0.15, -0.1) is 0 Å². The molecule has 0 spiro atoms. The first kappa shape index (κ1) is 19.5. The van der Waals surface area contributed by atoms with Gasteiger partial charge in [0.2, 0.25) is 0 Å². The summed E-state index contributed by atoms with van der Waals surface area (Å²) in [5.74, 6) is 0.439. The van der Waals surface area contributed by atoms with E-state index in [2.05, 4.69) is 15.3 Å². The first-order valence-corrected chi connectivity index (χ1v) is 9.96. The summed E-state index contributed by atoms with van der Waals surface area (Å²) in [7, 11) is 3.57. The minimum Gasteiger partial charge on any atom is -0.410 e. The van der Waals surface area contributed by atoms with Gasteiger partial charge in [-0.3, -0.25) is 10.1 Å². The number of fused-ring (bicyclic) bond motifs is 2. The van der Waals surface area contributed by atoms with E-state index in [0.29, 0.717) is 28.2 Å². The van der Waals surface area contributed by atoms with Crippen LogP contribution < -0.4 is 15.6 Å². The maximum atomic E-state index is 13.2. The minimum atomic E-state index is -0.617. The number of hydrogen-bond donors (Lipinski definition) is 1. The van der Waals surface area contributed by atoms with E-state index >= 15 is 0 Å². The number of nitrogens with zero attached hydrogens (tertiary/aromatic N) is 4. The van der Waals surface area contributed by atoms with Crippen LogP contribution >= 0.6 is 0 Å². The highest BCUT2D eigenvalue weighted by Crippen LogP contribution is 2.27. The SMILES string of the molecule is Cn1cc(-c2nc3ccc(NC(=O)Oc4ccccc4)cc3n(C)c2=O)c2cccnc21. The van der Waals surface area contributed by atoms with Gasteiger partial charge >= 0.3 is 6.09 Å². The molecule has 8 heteroatoms. The van der Waals surface area contributed by atoms with Crippen LogP contribution in [0.3, 0.4) is 0 Å². The molecule has 3 heterocycles. The Morgan fingerprint density at radius 2 is 1.84 bits per heavy atom. The van der Waals surface area contributed by atoms with E-state index in [1.54, 1.807) is 55.7 Å². The number of carbonyl (C=O) groups excluding carboxylic acids is 1. The second-order valence-electron chi connectivity index (χ2n) is 7.38. The third-order valence-electron chi connectivity index (χ3n) is 5.27. The van der Waals surface area contributed by atoms with Gasteiger partial charge in [0.25, 0.3) is 5.56 Å². The standard InChI is InChI=1S/C24H19N5O3/c1-28-14-18(17-9-6-12-25-22(17)28)21-23(30)29(2)20-13-15(10-11-19(20)27-21)26-24(31)32-16-7-4-3-5-8-16/h3-14H,1-2H3,(H,26,31). The molecule has 0 saturated carbocycles. The smallest absolute Gasteiger partial charge is 0.410 e. The van der Waals surface area contributed by atoms with Crippen LogP contribution in [-0.2, 0) is 14.1 Å². The Kier molecular flexibility index (Phi) is 4.67. The van der Waals surface area contributed by atoms with Crippen molar-refractivity contribution in [3.63, 3.8) is 0 Å². The third kappa shape index (κ3) is 3.37. The molecular formula is C24H19N5O3. The van der Waals surface area contributed by atoms with Crippen molar-refractivity contribution >= 4 is 33.8 Å². The number of pyridine rings is 1. The number of anilines is 1. The number of rotatable bonds is 3. The van der Waals surface area contributed by atoms with E-state index in [0.717, 1.165) is 16.6 Å². The molecule has 0 aliphatic carbocycles. The maximum absolute atomic E-state index is 13.2. The van der Waals surface area contributed by atoms with Crippen molar-refractivity contribution in [2.24, 2.45) is 14.1 Å². The lowest BCUT2D eigenvalue weighted by molar-refractivity contribution is 0.215. The Bertz CT molecular complexity index is 1540. The molecule has 5 rings (SSSR count). The van der Waals surface area contributed by atoms with Crippen LogP contribution in [0.1, 0.15) is 0 Å². The Morgan fingerprint density at radius 3 is 2.66 bits per heavy atom.